The van der Waals surface area contributed by atoms with E-state index in [1.54, 1.807) is 7.05 Å². The number of benzene rings is 2. The summed E-state index contributed by atoms with van der Waals surface area (Å²) in [4.78, 5) is 16.3. The number of aliphatic imine (C=N–C) groups is 1. The van der Waals surface area contributed by atoms with Crippen molar-refractivity contribution in [3.63, 3.8) is 0 Å². The van der Waals surface area contributed by atoms with Gasteiger partial charge in [-0.05, 0) is 48.6 Å². The van der Waals surface area contributed by atoms with Crippen molar-refractivity contribution in [1.82, 2.24) is 20.5 Å². The minimum atomic E-state index is -0.0469. The molecule has 0 fully saturated rings. The molecular formula is C23H29N5O. The lowest BCUT2D eigenvalue weighted by molar-refractivity contribution is 0.0955. The molecule has 152 valence electrons. The molecule has 0 unspecified atom stereocenters. The highest BCUT2D eigenvalue weighted by molar-refractivity contribution is 5.94. The van der Waals surface area contributed by atoms with Crippen LogP contribution in [0.1, 0.15) is 29.3 Å². The van der Waals surface area contributed by atoms with Gasteiger partial charge < -0.3 is 20.5 Å². The molecule has 1 amide bonds. The highest BCUT2D eigenvalue weighted by Crippen LogP contribution is 2.15. The van der Waals surface area contributed by atoms with Gasteiger partial charge in [-0.3, -0.25) is 9.79 Å². The molecular weight excluding hydrogens is 362 g/mol. The predicted octanol–water partition coefficient (Wildman–Crippen LogP) is 3.15. The molecule has 0 radical (unpaired) electrons. The number of carbonyl (C=O) groups excluding carboxylic acids is 1. The molecule has 3 N–H and O–H groups in total. The Balaban J connectivity index is 1.45. The Labute approximate surface area is 172 Å². The van der Waals surface area contributed by atoms with Gasteiger partial charge in [0, 0.05) is 50.5 Å². The van der Waals surface area contributed by atoms with E-state index in [0.29, 0.717) is 18.7 Å². The van der Waals surface area contributed by atoms with E-state index >= 15 is 0 Å². The summed E-state index contributed by atoms with van der Waals surface area (Å²) in [7, 11) is 1.76. The summed E-state index contributed by atoms with van der Waals surface area (Å²) in [5.74, 6) is 0.708. The molecule has 0 aliphatic carbocycles. The Morgan fingerprint density at radius 3 is 2.72 bits per heavy atom. The van der Waals surface area contributed by atoms with Gasteiger partial charge in [-0.1, -0.05) is 30.3 Å². The largest absolute Gasteiger partial charge is 0.356 e. The zero-order valence-electron chi connectivity index (χ0n) is 17.1. The summed E-state index contributed by atoms with van der Waals surface area (Å²) in [6.45, 7) is 4.92. The zero-order chi connectivity index (χ0) is 20.5. The van der Waals surface area contributed by atoms with E-state index < -0.39 is 0 Å². The average Bonchev–Trinajstić information content (AvgIpc) is 3.17. The first-order chi connectivity index (χ1) is 14.2. The maximum Gasteiger partial charge on any atom is 0.251 e. The van der Waals surface area contributed by atoms with E-state index in [1.165, 1.54) is 10.9 Å². The van der Waals surface area contributed by atoms with E-state index in [0.717, 1.165) is 31.0 Å². The smallest absolute Gasteiger partial charge is 0.251 e. The van der Waals surface area contributed by atoms with Crippen molar-refractivity contribution in [2.45, 2.75) is 26.4 Å². The second-order valence-corrected chi connectivity index (χ2v) is 6.83. The second kappa shape index (κ2) is 10.3. The van der Waals surface area contributed by atoms with Crippen molar-refractivity contribution in [3.05, 3.63) is 71.9 Å². The number of para-hydroxylation sites is 1. The van der Waals surface area contributed by atoms with Crippen molar-refractivity contribution in [3.8, 4) is 0 Å². The van der Waals surface area contributed by atoms with E-state index in [9.17, 15) is 4.79 Å². The van der Waals surface area contributed by atoms with Crippen molar-refractivity contribution >= 4 is 22.8 Å². The molecule has 0 spiro atoms. The molecule has 0 saturated carbocycles. The lowest BCUT2D eigenvalue weighted by Crippen LogP contribution is -2.37. The molecule has 0 atom stereocenters. The molecule has 29 heavy (non-hydrogen) atoms. The topological polar surface area (TPSA) is 70.4 Å². The molecule has 0 saturated heterocycles. The summed E-state index contributed by atoms with van der Waals surface area (Å²) in [5.41, 5.74) is 2.98. The van der Waals surface area contributed by atoms with Crippen molar-refractivity contribution in [1.29, 1.82) is 0 Å². The second-order valence-electron chi connectivity index (χ2n) is 6.83. The Hall–Kier alpha value is -3.28. The van der Waals surface area contributed by atoms with Crippen LogP contribution in [0.4, 0.5) is 0 Å². The number of carbonyl (C=O) groups is 1. The summed E-state index contributed by atoms with van der Waals surface area (Å²) < 4.78 is 2.28. The normalized spacial score (nSPS) is 11.4. The fourth-order valence-corrected chi connectivity index (χ4v) is 3.28. The third kappa shape index (κ3) is 5.60. The van der Waals surface area contributed by atoms with Crippen LogP contribution in [0, 0.1) is 0 Å². The average molecular weight is 392 g/mol. The summed E-state index contributed by atoms with van der Waals surface area (Å²) in [6, 6.07) is 18.2. The van der Waals surface area contributed by atoms with Crippen LogP contribution < -0.4 is 16.0 Å². The molecule has 6 nitrogen and oxygen atoms in total. The molecule has 3 rings (SSSR count). The Morgan fingerprint density at radius 2 is 1.90 bits per heavy atom. The van der Waals surface area contributed by atoms with Gasteiger partial charge in [-0.2, -0.15) is 0 Å². The van der Waals surface area contributed by atoms with Crippen molar-refractivity contribution < 1.29 is 4.79 Å². The van der Waals surface area contributed by atoms with E-state index in [-0.39, 0.29) is 5.91 Å². The van der Waals surface area contributed by atoms with Crippen LogP contribution >= 0.6 is 0 Å². The molecule has 1 heterocycles. The first kappa shape index (κ1) is 20.5. The summed E-state index contributed by atoms with van der Waals surface area (Å²) >= 11 is 0. The number of rotatable bonds is 8. The van der Waals surface area contributed by atoms with Gasteiger partial charge in [-0.15, -0.1) is 0 Å². The minimum absolute atomic E-state index is 0.0469. The first-order valence-electron chi connectivity index (χ1n) is 10.1. The molecule has 2 aromatic carbocycles. The van der Waals surface area contributed by atoms with Crippen LogP contribution in [-0.2, 0) is 13.1 Å². The minimum Gasteiger partial charge on any atom is -0.356 e. The zero-order valence-corrected chi connectivity index (χ0v) is 17.1. The number of nitrogens with one attached hydrogen (secondary N) is 3. The number of amides is 1. The lowest BCUT2D eigenvalue weighted by atomic mass is 10.1. The number of hydrogen-bond donors (Lipinski definition) is 3. The fourth-order valence-electron chi connectivity index (χ4n) is 3.28. The van der Waals surface area contributed by atoms with Gasteiger partial charge in [0.05, 0.1) is 0 Å². The van der Waals surface area contributed by atoms with Gasteiger partial charge in [0.25, 0.3) is 5.91 Å². The number of aromatic nitrogens is 1. The number of hydrogen-bond acceptors (Lipinski definition) is 2. The standard InChI is InChI=1S/C23H29N5O/c1-3-25-22(29)20-10-6-8-18(16-20)17-27-23(24-2)26-13-7-14-28-15-12-19-9-4-5-11-21(19)28/h4-6,8-12,15-16H,3,7,13-14,17H2,1-2H3,(H,25,29)(H2,24,26,27). The maximum atomic E-state index is 12.0. The van der Waals surface area contributed by atoms with Crippen LogP contribution in [-0.4, -0.2) is 36.6 Å². The Kier molecular flexibility index (Phi) is 7.28. The number of nitrogens with zero attached hydrogens (tertiary/aromatic N) is 2. The maximum absolute atomic E-state index is 12.0. The highest BCUT2D eigenvalue weighted by atomic mass is 16.1. The lowest BCUT2D eigenvalue weighted by Gasteiger charge is -2.13. The monoisotopic (exact) mass is 391 g/mol. The molecule has 0 aliphatic rings. The van der Waals surface area contributed by atoms with Crippen molar-refractivity contribution in [2.75, 3.05) is 20.1 Å². The van der Waals surface area contributed by atoms with Gasteiger partial charge in [0.1, 0.15) is 0 Å². The summed E-state index contributed by atoms with van der Waals surface area (Å²) in [5, 5.41) is 10.8. The number of aryl methyl sites for hydroxylation is 1. The van der Waals surface area contributed by atoms with Crippen LogP contribution in [0.2, 0.25) is 0 Å². The fraction of sp³-hybridized carbons (Fsp3) is 0.304. The first-order valence-corrected chi connectivity index (χ1v) is 10.1. The number of guanidine groups is 1. The quantitative estimate of drug-likeness (QED) is 0.314. The number of fused-ring (bicyclic) bond motifs is 1. The Bertz CT molecular complexity index is 976. The highest BCUT2D eigenvalue weighted by Gasteiger charge is 2.05. The van der Waals surface area contributed by atoms with Crippen LogP contribution in [0.25, 0.3) is 10.9 Å². The van der Waals surface area contributed by atoms with Crippen LogP contribution in [0.3, 0.4) is 0 Å². The molecule has 0 aliphatic heterocycles. The van der Waals surface area contributed by atoms with E-state index in [4.69, 9.17) is 0 Å². The van der Waals surface area contributed by atoms with Gasteiger partial charge >= 0.3 is 0 Å². The van der Waals surface area contributed by atoms with Gasteiger partial charge in [0.2, 0.25) is 0 Å². The third-order valence-corrected chi connectivity index (χ3v) is 4.76. The van der Waals surface area contributed by atoms with Gasteiger partial charge in [-0.25, -0.2) is 0 Å². The van der Waals surface area contributed by atoms with E-state index in [2.05, 4.69) is 62.0 Å². The molecule has 6 heteroatoms. The molecule has 1 aromatic heterocycles. The van der Waals surface area contributed by atoms with Gasteiger partial charge in [0.15, 0.2) is 5.96 Å². The van der Waals surface area contributed by atoms with Crippen molar-refractivity contribution in [2.24, 2.45) is 4.99 Å². The van der Waals surface area contributed by atoms with Crippen LogP contribution in [0.5, 0.6) is 0 Å². The summed E-state index contributed by atoms with van der Waals surface area (Å²) in [6.07, 6.45) is 3.13. The third-order valence-electron chi connectivity index (χ3n) is 4.76. The van der Waals surface area contributed by atoms with E-state index in [1.807, 2.05) is 31.2 Å². The molecule has 3 aromatic rings. The van der Waals surface area contributed by atoms with Crippen LogP contribution in [0.15, 0.2) is 65.8 Å². The Morgan fingerprint density at radius 1 is 1.03 bits per heavy atom. The SMILES string of the molecule is CCNC(=O)c1cccc(CNC(=NC)NCCCn2ccc3ccccc32)c1. The predicted molar refractivity (Wildman–Crippen MR) is 119 cm³/mol. The molecule has 0 bridgehead atoms.